The topological polar surface area (TPSA) is 81.8 Å². The number of nitrogens with one attached hydrogen (secondary N) is 1. The first kappa shape index (κ1) is 21.5. The van der Waals surface area contributed by atoms with E-state index in [-0.39, 0.29) is 11.5 Å². The Morgan fingerprint density at radius 2 is 1.69 bits per heavy atom. The van der Waals surface area contributed by atoms with Gasteiger partial charge in [-0.05, 0) is 44.9 Å². The molecule has 4 rings (SSSR count). The molecule has 2 aromatic carbocycles. The average molecular weight is 430 g/mol. The van der Waals surface area contributed by atoms with Crippen molar-refractivity contribution in [2.75, 3.05) is 0 Å². The lowest BCUT2D eigenvalue weighted by Gasteiger charge is -2.17. The summed E-state index contributed by atoms with van der Waals surface area (Å²) < 4.78 is 3.05. The summed E-state index contributed by atoms with van der Waals surface area (Å²) in [4.78, 5) is 26.3. The molecule has 0 radical (unpaired) electrons. The quantitative estimate of drug-likeness (QED) is 0.506. The number of carbonyl (C=O) groups is 1. The van der Waals surface area contributed by atoms with Crippen LogP contribution in [-0.2, 0) is 11.3 Å². The molecule has 2 aromatic heterocycles. The first-order valence-electron chi connectivity index (χ1n) is 10.8. The monoisotopic (exact) mass is 429 g/mol. The van der Waals surface area contributed by atoms with Gasteiger partial charge in [0.25, 0.3) is 5.56 Å². The fourth-order valence-corrected chi connectivity index (χ4v) is 3.97. The van der Waals surface area contributed by atoms with Crippen molar-refractivity contribution >= 4 is 16.8 Å². The Balaban J connectivity index is 1.72. The Bertz CT molecular complexity index is 1320. The highest BCUT2D eigenvalue weighted by molar-refractivity contribution is 5.84. The normalized spacial score (nSPS) is 12.1. The molecule has 7 heteroatoms. The van der Waals surface area contributed by atoms with E-state index in [1.807, 2.05) is 82.3 Å². The molecule has 0 saturated carbocycles. The standard InChI is InChI=1S/C25H27N5O2/c1-5-21(24(31)26-15-19-9-7-6-8-10-19)30-25(32)23-22(17(3)27-30)18(4)29(28-23)20-13-11-16(2)12-14-20/h6-14,21H,5,15H2,1-4H3,(H,26,31)/t21-/m1/s1. The van der Waals surface area contributed by atoms with Crippen molar-refractivity contribution in [1.82, 2.24) is 24.9 Å². The maximum Gasteiger partial charge on any atom is 0.295 e. The van der Waals surface area contributed by atoms with Crippen molar-refractivity contribution in [3.63, 3.8) is 0 Å². The largest absolute Gasteiger partial charge is 0.350 e. The van der Waals surface area contributed by atoms with E-state index in [1.165, 1.54) is 4.68 Å². The molecule has 4 aromatic rings. The van der Waals surface area contributed by atoms with Crippen molar-refractivity contribution in [2.45, 2.75) is 46.7 Å². The maximum atomic E-state index is 13.4. The van der Waals surface area contributed by atoms with Gasteiger partial charge in [-0.2, -0.15) is 10.2 Å². The van der Waals surface area contributed by atoms with Crippen LogP contribution in [0.25, 0.3) is 16.6 Å². The Kier molecular flexibility index (Phi) is 5.90. The first-order valence-corrected chi connectivity index (χ1v) is 10.8. The zero-order valence-electron chi connectivity index (χ0n) is 18.8. The highest BCUT2D eigenvalue weighted by Crippen LogP contribution is 2.22. The molecule has 1 amide bonds. The van der Waals surface area contributed by atoms with E-state index >= 15 is 0 Å². The molecule has 32 heavy (non-hydrogen) atoms. The van der Waals surface area contributed by atoms with Gasteiger partial charge in [0, 0.05) is 6.54 Å². The fourth-order valence-electron chi connectivity index (χ4n) is 3.97. The number of rotatable bonds is 6. The van der Waals surface area contributed by atoms with Crippen LogP contribution in [-0.4, -0.2) is 25.5 Å². The Morgan fingerprint density at radius 3 is 2.34 bits per heavy atom. The van der Waals surface area contributed by atoms with E-state index in [0.29, 0.717) is 24.2 Å². The third-order valence-electron chi connectivity index (χ3n) is 5.72. The number of carbonyl (C=O) groups excluding carboxylic acids is 1. The van der Waals surface area contributed by atoms with Gasteiger partial charge >= 0.3 is 0 Å². The van der Waals surface area contributed by atoms with Crippen LogP contribution in [0.5, 0.6) is 0 Å². The maximum absolute atomic E-state index is 13.4. The molecule has 7 nitrogen and oxygen atoms in total. The molecule has 0 fully saturated rings. The summed E-state index contributed by atoms with van der Waals surface area (Å²) in [6.45, 7) is 8.07. The number of amides is 1. The number of nitrogens with zero attached hydrogens (tertiary/aromatic N) is 4. The minimum Gasteiger partial charge on any atom is -0.350 e. The predicted octanol–water partition coefficient (Wildman–Crippen LogP) is 3.77. The zero-order chi connectivity index (χ0) is 22.8. The van der Waals surface area contributed by atoms with Crippen molar-refractivity contribution in [2.24, 2.45) is 0 Å². The number of benzene rings is 2. The van der Waals surface area contributed by atoms with Crippen LogP contribution >= 0.6 is 0 Å². The lowest BCUT2D eigenvalue weighted by atomic mass is 10.1. The van der Waals surface area contributed by atoms with Crippen LogP contribution in [0.2, 0.25) is 0 Å². The molecule has 0 aliphatic rings. The summed E-state index contributed by atoms with van der Waals surface area (Å²) in [7, 11) is 0. The summed E-state index contributed by atoms with van der Waals surface area (Å²) in [6, 6.07) is 16.9. The van der Waals surface area contributed by atoms with E-state index in [4.69, 9.17) is 0 Å². The van der Waals surface area contributed by atoms with Gasteiger partial charge in [0.05, 0.1) is 22.5 Å². The smallest absolute Gasteiger partial charge is 0.295 e. The van der Waals surface area contributed by atoms with Gasteiger partial charge in [-0.3, -0.25) is 9.59 Å². The van der Waals surface area contributed by atoms with Gasteiger partial charge in [0.2, 0.25) is 5.91 Å². The molecule has 0 saturated heterocycles. The minimum atomic E-state index is -0.709. The lowest BCUT2D eigenvalue weighted by molar-refractivity contribution is -0.125. The summed E-state index contributed by atoms with van der Waals surface area (Å²) in [5, 5.41) is 12.8. The highest BCUT2D eigenvalue weighted by atomic mass is 16.2. The molecule has 164 valence electrons. The molecule has 2 heterocycles. The Labute approximate surface area is 186 Å². The van der Waals surface area contributed by atoms with Crippen molar-refractivity contribution in [3.8, 4) is 5.69 Å². The van der Waals surface area contributed by atoms with Crippen LogP contribution < -0.4 is 10.9 Å². The molecular formula is C25H27N5O2. The van der Waals surface area contributed by atoms with E-state index < -0.39 is 6.04 Å². The van der Waals surface area contributed by atoms with Crippen LogP contribution in [0.1, 0.15) is 41.9 Å². The lowest BCUT2D eigenvalue weighted by Crippen LogP contribution is -2.38. The summed E-state index contributed by atoms with van der Waals surface area (Å²) in [5.74, 6) is -0.237. The number of hydrogen-bond acceptors (Lipinski definition) is 4. The van der Waals surface area contributed by atoms with Crippen molar-refractivity contribution in [1.29, 1.82) is 0 Å². The van der Waals surface area contributed by atoms with Gasteiger partial charge < -0.3 is 5.32 Å². The molecule has 0 bridgehead atoms. The van der Waals surface area contributed by atoms with Crippen molar-refractivity contribution < 1.29 is 4.79 Å². The molecule has 1 N–H and O–H groups in total. The average Bonchev–Trinajstić information content (AvgIpc) is 3.15. The molecular weight excluding hydrogens is 402 g/mol. The van der Waals surface area contributed by atoms with Gasteiger partial charge in [0.15, 0.2) is 5.52 Å². The van der Waals surface area contributed by atoms with E-state index in [9.17, 15) is 9.59 Å². The van der Waals surface area contributed by atoms with Crippen molar-refractivity contribution in [3.05, 3.63) is 87.5 Å². The van der Waals surface area contributed by atoms with Gasteiger partial charge in [-0.25, -0.2) is 9.36 Å². The number of hydrogen-bond donors (Lipinski definition) is 1. The molecule has 0 aliphatic carbocycles. The van der Waals surface area contributed by atoms with Crippen LogP contribution in [0.3, 0.4) is 0 Å². The van der Waals surface area contributed by atoms with E-state index in [2.05, 4.69) is 15.5 Å². The summed E-state index contributed by atoms with van der Waals surface area (Å²) in [5.41, 5.74) is 4.50. The molecule has 0 spiro atoms. The Morgan fingerprint density at radius 1 is 1.00 bits per heavy atom. The molecule has 0 aliphatic heterocycles. The summed E-state index contributed by atoms with van der Waals surface area (Å²) >= 11 is 0. The van der Waals surface area contributed by atoms with Gasteiger partial charge in [-0.1, -0.05) is 55.0 Å². The second-order valence-electron chi connectivity index (χ2n) is 8.02. The highest BCUT2D eigenvalue weighted by Gasteiger charge is 2.25. The number of aromatic nitrogens is 4. The van der Waals surface area contributed by atoms with Crippen LogP contribution in [0.4, 0.5) is 0 Å². The molecule has 0 unspecified atom stereocenters. The van der Waals surface area contributed by atoms with Crippen LogP contribution in [0, 0.1) is 20.8 Å². The second-order valence-corrected chi connectivity index (χ2v) is 8.02. The SMILES string of the molecule is CC[C@H](C(=O)NCc1ccccc1)n1nc(C)c2c(C)n(-c3ccc(C)cc3)nc2c1=O. The number of fused-ring (bicyclic) bond motifs is 1. The fraction of sp³-hybridized carbons (Fsp3) is 0.280. The second kappa shape index (κ2) is 8.78. The van der Waals surface area contributed by atoms with E-state index in [1.54, 1.807) is 4.68 Å². The predicted molar refractivity (Wildman–Crippen MR) is 125 cm³/mol. The molecule has 1 atom stereocenters. The summed E-state index contributed by atoms with van der Waals surface area (Å²) in [6.07, 6.45) is 0.441. The third-order valence-corrected chi connectivity index (χ3v) is 5.72. The zero-order valence-corrected chi connectivity index (χ0v) is 18.8. The third kappa shape index (κ3) is 3.93. The first-order chi connectivity index (χ1) is 15.4. The van der Waals surface area contributed by atoms with Crippen LogP contribution in [0.15, 0.2) is 59.4 Å². The number of aryl methyl sites for hydroxylation is 3. The van der Waals surface area contributed by atoms with Gasteiger partial charge in [0.1, 0.15) is 6.04 Å². The van der Waals surface area contributed by atoms with E-state index in [0.717, 1.165) is 27.9 Å². The van der Waals surface area contributed by atoms with Gasteiger partial charge in [-0.15, -0.1) is 0 Å². The Hall–Kier alpha value is -3.74. The minimum absolute atomic E-state index is 0.237.